The lowest BCUT2D eigenvalue weighted by Gasteiger charge is -2.22. The summed E-state index contributed by atoms with van der Waals surface area (Å²) in [7, 11) is 0. The molecule has 3 heterocycles. The van der Waals surface area contributed by atoms with E-state index in [9.17, 15) is 24.3 Å². The molecule has 0 bridgehead atoms. The first-order valence-electron chi connectivity index (χ1n) is 12.7. The van der Waals surface area contributed by atoms with Gasteiger partial charge < -0.3 is 30.2 Å². The number of hydrogen-bond donors (Lipinski definition) is 4. The fourth-order valence-electron chi connectivity index (χ4n) is 3.43. The first-order chi connectivity index (χ1) is 18.9. The largest absolute Gasteiger partial charge is 0.466 e. The van der Waals surface area contributed by atoms with Crippen LogP contribution in [0.2, 0.25) is 0 Å². The Morgan fingerprint density at radius 1 is 1.20 bits per heavy atom. The van der Waals surface area contributed by atoms with Crippen LogP contribution in [0.15, 0.2) is 22.5 Å². The maximum Gasteiger partial charge on any atom is 0.328 e. The molecule has 12 nitrogen and oxygen atoms in total. The number of fused-ring (bicyclic) bond motifs is 1. The number of amides is 2. The van der Waals surface area contributed by atoms with Gasteiger partial charge in [0.1, 0.15) is 24.0 Å². The molecule has 0 radical (unpaired) electrons. The molecule has 2 amide bonds. The summed E-state index contributed by atoms with van der Waals surface area (Å²) in [4.78, 5) is 58.1. The molecule has 13 heteroatoms. The fourth-order valence-corrected chi connectivity index (χ4v) is 4.16. The van der Waals surface area contributed by atoms with Crippen molar-refractivity contribution in [2.75, 3.05) is 18.5 Å². The Morgan fingerprint density at radius 2 is 1.93 bits per heavy atom. The molecule has 4 N–H and O–H groups in total. The third kappa shape index (κ3) is 7.93. The van der Waals surface area contributed by atoms with E-state index in [-0.39, 0.29) is 37.5 Å². The van der Waals surface area contributed by atoms with Gasteiger partial charge in [0.25, 0.3) is 5.91 Å². The van der Waals surface area contributed by atoms with Crippen molar-refractivity contribution < 1.29 is 33.8 Å². The van der Waals surface area contributed by atoms with E-state index in [4.69, 9.17) is 9.47 Å². The molecule has 1 unspecified atom stereocenters. The molecule has 40 heavy (non-hydrogen) atoms. The lowest BCUT2D eigenvalue weighted by atomic mass is 9.96. The second-order valence-corrected chi connectivity index (χ2v) is 10.7. The highest BCUT2D eigenvalue weighted by molar-refractivity contribution is 7.10. The Hall–Kier alpha value is -4.15. The minimum absolute atomic E-state index is 0.0368. The molecular weight excluding hydrogens is 538 g/mol. The molecule has 0 saturated heterocycles. The van der Waals surface area contributed by atoms with Crippen LogP contribution >= 0.6 is 11.3 Å². The summed E-state index contributed by atoms with van der Waals surface area (Å²) in [5.74, 6) is 1.89. The normalized spacial score (nSPS) is 14.8. The molecule has 1 aliphatic heterocycles. The Kier molecular flexibility index (Phi) is 10.1. The molecule has 2 aromatic rings. The molecule has 0 saturated carbocycles. The van der Waals surface area contributed by atoms with Crippen LogP contribution in [0.5, 0.6) is 0 Å². The van der Waals surface area contributed by atoms with Crippen molar-refractivity contribution in [3.8, 4) is 12.0 Å². The van der Waals surface area contributed by atoms with Crippen LogP contribution in [0, 0.1) is 17.4 Å². The zero-order chi connectivity index (χ0) is 29.4. The highest BCUT2D eigenvalue weighted by Crippen LogP contribution is 2.33. The van der Waals surface area contributed by atoms with Crippen molar-refractivity contribution in [1.82, 2.24) is 15.2 Å². The lowest BCUT2D eigenvalue weighted by Crippen LogP contribution is -2.42. The number of carbonyl (C=O) groups is 4. The second-order valence-electron chi connectivity index (χ2n) is 9.77. The van der Waals surface area contributed by atoms with E-state index in [1.807, 2.05) is 0 Å². The van der Waals surface area contributed by atoms with Gasteiger partial charge >= 0.3 is 11.9 Å². The van der Waals surface area contributed by atoms with E-state index in [0.717, 1.165) is 0 Å². The molecule has 214 valence electrons. The second kappa shape index (κ2) is 13.3. The molecule has 0 aliphatic carbocycles. The highest BCUT2D eigenvalue weighted by Gasteiger charge is 2.27. The number of aromatic amines is 1. The standard InChI is InChI=1S/C27H33N5O7S/c1-6-38-21(33)9-8-19(25(36)39-7-2)29-23(34)16-12-17(40-14-16)10-11-32-15-28-22-18(24(32)35)13-20(30-22)31-26(37)27(3,4)5/h12-15,19,24,30,35H,6-9H2,1-5H3,(H,29,34)(H,31,37)/t19-,24?/m1/s1. The summed E-state index contributed by atoms with van der Waals surface area (Å²) >= 11 is 1.21. The monoisotopic (exact) mass is 571 g/mol. The number of thiophene rings is 1. The number of H-pyrrole nitrogens is 1. The molecular formula is C27H33N5O7S. The quantitative estimate of drug-likeness (QED) is 0.264. The SMILES string of the molecule is CCOC(=O)CC[C@@H](NC(=O)c1csc(C#CN2C=Nc3[nH]c(NC(=O)C(C)(C)C)cc3C2O)c1)C(=O)OCC. The maximum absolute atomic E-state index is 12.8. The van der Waals surface area contributed by atoms with Gasteiger partial charge in [-0.3, -0.25) is 19.3 Å². The number of anilines is 1. The molecule has 1 aliphatic rings. The number of hydrogen-bond acceptors (Lipinski definition) is 10. The number of aliphatic imine (C=N–C) groups is 1. The number of esters is 2. The molecule has 2 aromatic heterocycles. The van der Waals surface area contributed by atoms with E-state index < -0.39 is 35.5 Å². The molecule has 3 rings (SSSR count). The van der Waals surface area contributed by atoms with Gasteiger partial charge in [-0.05, 0) is 38.3 Å². The Balaban J connectivity index is 1.65. The van der Waals surface area contributed by atoms with Crippen molar-refractivity contribution in [2.24, 2.45) is 10.4 Å². The van der Waals surface area contributed by atoms with Gasteiger partial charge in [-0.15, -0.1) is 11.3 Å². The average Bonchev–Trinajstić information content (AvgIpc) is 3.53. The van der Waals surface area contributed by atoms with Gasteiger partial charge in [0.2, 0.25) is 5.91 Å². The summed E-state index contributed by atoms with van der Waals surface area (Å²) in [5.41, 5.74) is 0.129. The molecule has 2 atom stereocenters. The summed E-state index contributed by atoms with van der Waals surface area (Å²) < 4.78 is 9.91. The van der Waals surface area contributed by atoms with Crippen LogP contribution in [0.3, 0.4) is 0 Å². The van der Waals surface area contributed by atoms with Gasteiger partial charge in [0, 0.05) is 28.8 Å². The number of rotatable bonds is 9. The number of aliphatic hydroxyl groups excluding tert-OH is 1. The summed E-state index contributed by atoms with van der Waals surface area (Å²) in [6.07, 6.45) is 0.213. The predicted molar refractivity (Wildman–Crippen MR) is 149 cm³/mol. The first kappa shape index (κ1) is 30.4. The molecule has 0 spiro atoms. The number of nitrogens with zero attached hydrogens (tertiary/aromatic N) is 2. The number of aliphatic hydroxyl groups is 1. The Bertz CT molecular complexity index is 1340. The summed E-state index contributed by atoms with van der Waals surface area (Å²) in [5, 5.41) is 17.7. The van der Waals surface area contributed by atoms with Crippen LogP contribution < -0.4 is 10.6 Å². The van der Waals surface area contributed by atoms with Crippen molar-refractivity contribution >= 4 is 53.1 Å². The average molecular weight is 572 g/mol. The molecule has 0 aromatic carbocycles. The van der Waals surface area contributed by atoms with Gasteiger partial charge in [-0.1, -0.05) is 20.8 Å². The van der Waals surface area contributed by atoms with Crippen LogP contribution in [-0.4, -0.2) is 64.3 Å². The van der Waals surface area contributed by atoms with Crippen LogP contribution in [0.1, 0.15) is 74.5 Å². The van der Waals surface area contributed by atoms with Crippen LogP contribution in [0.4, 0.5) is 11.6 Å². The van der Waals surface area contributed by atoms with Crippen molar-refractivity contribution in [3.05, 3.63) is 33.5 Å². The fraction of sp³-hybridized carbons (Fsp3) is 0.444. The van der Waals surface area contributed by atoms with Gasteiger partial charge in [0.15, 0.2) is 6.23 Å². The third-order valence-electron chi connectivity index (χ3n) is 5.60. The minimum atomic E-state index is -1.14. The Labute approximate surface area is 236 Å². The van der Waals surface area contributed by atoms with Crippen molar-refractivity contribution in [2.45, 2.75) is 59.7 Å². The number of aromatic nitrogens is 1. The predicted octanol–water partition coefficient (Wildman–Crippen LogP) is 3.04. The maximum atomic E-state index is 12.8. The van der Waals surface area contributed by atoms with Gasteiger partial charge in [-0.25, -0.2) is 9.79 Å². The lowest BCUT2D eigenvalue weighted by molar-refractivity contribution is -0.146. The minimum Gasteiger partial charge on any atom is -0.466 e. The summed E-state index contributed by atoms with van der Waals surface area (Å²) in [6, 6.07) is 4.95. The number of carbonyl (C=O) groups excluding carboxylic acids is 4. The topological polar surface area (TPSA) is 162 Å². The molecule has 0 fully saturated rings. The smallest absolute Gasteiger partial charge is 0.328 e. The van der Waals surface area contributed by atoms with E-state index in [2.05, 4.69) is 32.6 Å². The van der Waals surface area contributed by atoms with Crippen LogP contribution in [-0.2, 0) is 23.9 Å². The van der Waals surface area contributed by atoms with Gasteiger partial charge in [0.05, 0.1) is 23.7 Å². The highest BCUT2D eigenvalue weighted by atomic mass is 32.1. The van der Waals surface area contributed by atoms with E-state index in [1.54, 1.807) is 52.1 Å². The van der Waals surface area contributed by atoms with Gasteiger partial charge in [-0.2, -0.15) is 0 Å². The zero-order valence-corrected chi connectivity index (χ0v) is 23.8. The Morgan fingerprint density at radius 3 is 2.60 bits per heavy atom. The van der Waals surface area contributed by atoms with E-state index in [0.29, 0.717) is 22.1 Å². The van der Waals surface area contributed by atoms with E-state index >= 15 is 0 Å². The van der Waals surface area contributed by atoms with E-state index in [1.165, 1.54) is 22.6 Å². The van der Waals surface area contributed by atoms with Crippen molar-refractivity contribution in [1.29, 1.82) is 0 Å². The number of nitrogens with one attached hydrogen (secondary N) is 3. The van der Waals surface area contributed by atoms with Crippen LogP contribution in [0.25, 0.3) is 0 Å². The van der Waals surface area contributed by atoms with Crippen molar-refractivity contribution in [3.63, 3.8) is 0 Å². The third-order valence-corrected chi connectivity index (χ3v) is 6.44. The first-order valence-corrected chi connectivity index (χ1v) is 13.6. The summed E-state index contributed by atoms with van der Waals surface area (Å²) in [6.45, 7) is 9.06. The number of ether oxygens (including phenoxy) is 2. The zero-order valence-electron chi connectivity index (χ0n) is 23.0.